The molecule has 1 saturated heterocycles. The molecule has 0 N–H and O–H groups in total. The summed E-state index contributed by atoms with van der Waals surface area (Å²) in [5, 5.41) is 3.95. The van der Waals surface area contributed by atoms with Crippen LogP contribution < -0.4 is 0 Å². The summed E-state index contributed by atoms with van der Waals surface area (Å²) in [5.74, 6) is 0.452. The maximum absolute atomic E-state index is 12.9. The highest BCUT2D eigenvalue weighted by atomic mass is 16.5. The van der Waals surface area contributed by atoms with Gasteiger partial charge in [-0.3, -0.25) is 9.59 Å². The molecule has 0 spiro atoms. The van der Waals surface area contributed by atoms with Crippen LogP contribution in [0.4, 0.5) is 0 Å². The average Bonchev–Trinajstić information content (AvgIpc) is 3.25. The van der Waals surface area contributed by atoms with Crippen molar-refractivity contribution in [1.82, 2.24) is 10.1 Å². The number of hydrogen-bond acceptors (Lipinski definition) is 4. The SMILES string of the molecule is O=C(Cc1ccccc1)[C@@H]1CCCN(C(=O)c2cc(-c3ccccc3)on2)C1. The summed E-state index contributed by atoms with van der Waals surface area (Å²) < 4.78 is 5.35. The molecule has 2 heterocycles. The van der Waals surface area contributed by atoms with Gasteiger partial charge in [0.25, 0.3) is 5.91 Å². The smallest absolute Gasteiger partial charge is 0.276 e. The van der Waals surface area contributed by atoms with Crippen LogP contribution in [0.5, 0.6) is 0 Å². The summed E-state index contributed by atoms with van der Waals surface area (Å²) in [5.41, 5.74) is 2.18. The number of hydrogen-bond donors (Lipinski definition) is 0. The number of rotatable bonds is 5. The van der Waals surface area contributed by atoms with Crippen molar-refractivity contribution < 1.29 is 14.1 Å². The van der Waals surface area contributed by atoms with Gasteiger partial charge in [0.1, 0.15) is 5.78 Å². The monoisotopic (exact) mass is 374 g/mol. The number of benzene rings is 2. The van der Waals surface area contributed by atoms with Crippen molar-refractivity contribution in [3.8, 4) is 11.3 Å². The first kappa shape index (κ1) is 18.2. The predicted octanol–water partition coefficient (Wildman–Crippen LogP) is 4.01. The van der Waals surface area contributed by atoms with Gasteiger partial charge < -0.3 is 9.42 Å². The van der Waals surface area contributed by atoms with Crippen molar-refractivity contribution in [1.29, 1.82) is 0 Å². The van der Waals surface area contributed by atoms with Crippen LogP contribution >= 0.6 is 0 Å². The van der Waals surface area contributed by atoms with Crippen LogP contribution in [0.15, 0.2) is 71.3 Å². The summed E-state index contributed by atoms with van der Waals surface area (Å²) >= 11 is 0. The van der Waals surface area contributed by atoms with E-state index in [9.17, 15) is 9.59 Å². The van der Waals surface area contributed by atoms with Gasteiger partial charge in [0.05, 0.1) is 0 Å². The number of likely N-dealkylation sites (tertiary alicyclic amines) is 1. The van der Waals surface area contributed by atoms with Crippen LogP contribution in [0.3, 0.4) is 0 Å². The minimum Gasteiger partial charge on any atom is -0.355 e. The van der Waals surface area contributed by atoms with E-state index in [2.05, 4.69) is 5.16 Å². The summed E-state index contributed by atoms with van der Waals surface area (Å²) in [4.78, 5) is 27.3. The van der Waals surface area contributed by atoms with Crippen molar-refractivity contribution in [2.24, 2.45) is 5.92 Å². The molecule has 1 fully saturated rings. The van der Waals surface area contributed by atoms with Crippen LogP contribution in [0.1, 0.15) is 28.9 Å². The van der Waals surface area contributed by atoms with Gasteiger partial charge in [0.15, 0.2) is 11.5 Å². The second kappa shape index (κ2) is 8.21. The van der Waals surface area contributed by atoms with Crippen molar-refractivity contribution in [3.63, 3.8) is 0 Å². The molecule has 2 aromatic carbocycles. The third-order valence-electron chi connectivity index (χ3n) is 5.17. The largest absolute Gasteiger partial charge is 0.355 e. The molecule has 28 heavy (non-hydrogen) atoms. The van der Waals surface area contributed by atoms with Gasteiger partial charge >= 0.3 is 0 Å². The molecular weight excluding hydrogens is 352 g/mol. The Balaban J connectivity index is 1.42. The molecular formula is C23H22N2O3. The van der Waals surface area contributed by atoms with E-state index in [-0.39, 0.29) is 23.3 Å². The molecule has 1 aliphatic rings. The molecule has 0 aliphatic carbocycles. The molecule has 0 radical (unpaired) electrons. The lowest BCUT2D eigenvalue weighted by Gasteiger charge is -2.31. The molecule has 1 atom stereocenters. The fourth-order valence-electron chi connectivity index (χ4n) is 3.64. The number of amides is 1. The number of ketones is 1. The maximum atomic E-state index is 12.9. The normalized spacial score (nSPS) is 16.7. The molecule has 0 unspecified atom stereocenters. The van der Waals surface area contributed by atoms with Gasteiger partial charge in [0.2, 0.25) is 0 Å². The van der Waals surface area contributed by atoms with Crippen LogP contribution in [0.2, 0.25) is 0 Å². The van der Waals surface area contributed by atoms with E-state index in [1.165, 1.54) is 0 Å². The Kier molecular flexibility index (Phi) is 5.33. The highest BCUT2D eigenvalue weighted by molar-refractivity contribution is 5.94. The molecule has 0 bridgehead atoms. The number of carbonyl (C=O) groups is 2. The van der Waals surface area contributed by atoms with E-state index in [4.69, 9.17) is 4.52 Å². The second-order valence-corrected chi connectivity index (χ2v) is 7.16. The van der Waals surface area contributed by atoms with E-state index >= 15 is 0 Å². The van der Waals surface area contributed by atoms with Gasteiger partial charge in [-0.15, -0.1) is 0 Å². The van der Waals surface area contributed by atoms with Crippen LogP contribution in [0.25, 0.3) is 11.3 Å². The minimum absolute atomic E-state index is 0.126. The fraction of sp³-hybridized carbons (Fsp3) is 0.261. The third-order valence-corrected chi connectivity index (χ3v) is 5.17. The van der Waals surface area contributed by atoms with Crippen molar-refractivity contribution >= 4 is 11.7 Å². The summed E-state index contributed by atoms with van der Waals surface area (Å²) in [6.45, 7) is 1.08. The second-order valence-electron chi connectivity index (χ2n) is 7.16. The minimum atomic E-state index is -0.178. The van der Waals surface area contributed by atoms with Gasteiger partial charge in [0, 0.05) is 37.1 Å². The quantitative estimate of drug-likeness (QED) is 0.677. The van der Waals surface area contributed by atoms with E-state index in [1.54, 1.807) is 11.0 Å². The first-order valence-corrected chi connectivity index (χ1v) is 9.59. The first-order valence-electron chi connectivity index (χ1n) is 9.59. The predicted molar refractivity (Wildman–Crippen MR) is 106 cm³/mol. The molecule has 3 aromatic rings. The number of piperidine rings is 1. The Hall–Kier alpha value is -3.21. The van der Waals surface area contributed by atoms with Crippen molar-refractivity contribution in [2.45, 2.75) is 19.3 Å². The average molecular weight is 374 g/mol. The lowest BCUT2D eigenvalue weighted by atomic mass is 9.90. The summed E-state index contributed by atoms with van der Waals surface area (Å²) in [6, 6.07) is 21.0. The van der Waals surface area contributed by atoms with Crippen LogP contribution in [-0.2, 0) is 11.2 Å². The number of carbonyl (C=O) groups excluding carboxylic acids is 2. The third kappa shape index (κ3) is 4.03. The number of aromatic nitrogens is 1. The fourth-order valence-corrected chi connectivity index (χ4v) is 3.64. The van der Waals surface area contributed by atoms with E-state index in [1.807, 2.05) is 60.7 Å². The van der Waals surface area contributed by atoms with Crippen molar-refractivity contribution in [2.75, 3.05) is 13.1 Å². The lowest BCUT2D eigenvalue weighted by molar-refractivity contribution is -0.123. The van der Waals surface area contributed by atoms with Crippen LogP contribution in [0, 0.1) is 5.92 Å². The Morgan fingerprint density at radius 3 is 2.50 bits per heavy atom. The standard InChI is InChI=1S/C23H22N2O3/c26-21(14-17-8-3-1-4-9-17)19-12-7-13-25(16-19)23(27)20-15-22(28-24-20)18-10-5-2-6-11-18/h1-6,8-11,15,19H,7,12-14,16H2/t19-/m1/s1. The van der Waals surface area contributed by atoms with Gasteiger partial charge in [-0.05, 0) is 18.4 Å². The number of Topliss-reactive ketones (excluding diaryl/α,β-unsaturated/α-hetero) is 1. The molecule has 0 saturated carbocycles. The van der Waals surface area contributed by atoms with Gasteiger partial charge in [-0.25, -0.2) is 0 Å². The molecule has 1 aromatic heterocycles. The Morgan fingerprint density at radius 2 is 1.75 bits per heavy atom. The number of nitrogens with zero attached hydrogens (tertiary/aromatic N) is 2. The molecule has 4 rings (SSSR count). The molecule has 5 heteroatoms. The van der Waals surface area contributed by atoms with Gasteiger partial charge in [-0.1, -0.05) is 65.8 Å². The molecule has 1 aliphatic heterocycles. The highest BCUT2D eigenvalue weighted by Gasteiger charge is 2.30. The summed E-state index contributed by atoms with van der Waals surface area (Å²) in [7, 11) is 0. The van der Waals surface area contributed by atoms with E-state index in [0.717, 1.165) is 24.0 Å². The molecule has 5 nitrogen and oxygen atoms in total. The van der Waals surface area contributed by atoms with E-state index < -0.39 is 0 Å². The van der Waals surface area contributed by atoms with Gasteiger partial charge in [-0.2, -0.15) is 0 Å². The van der Waals surface area contributed by atoms with Crippen molar-refractivity contribution in [3.05, 3.63) is 78.0 Å². The highest BCUT2D eigenvalue weighted by Crippen LogP contribution is 2.23. The molecule has 1 amide bonds. The lowest BCUT2D eigenvalue weighted by Crippen LogP contribution is -2.42. The zero-order chi connectivity index (χ0) is 19.3. The zero-order valence-electron chi connectivity index (χ0n) is 15.6. The Labute approximate surface area is 164 Å². The van der Waals surface area contributed by atoms with Crippen LogP contribution in [-0.4, -0.2) is 34.8 Å². The van der Waals surface area contributed by atoms with E-state index in [0.29, 0.717) is 25.3 Å². The summed E-state index contributed by atoms with van der Waals surface area (Å²) in [6.07, 6.45) is 2.06. The first-order chi connectivity index (χ1) is 13.7. The maximum Gasteiger partial charge on any atom is 0.276 e. The molecule has 142 valence electrons. The Morgan fingerprint density at radius 1 is 1.04 bits per heavy atom. The Bertz CT molecular complexity index is 950. The topological polar surface area (TPSA) is 63.4 Å². The zero-order valence-corrected chi connectivity index (χ0v) is 15.6.